The highest BCUT2D eigenvalue weighted by molar-refractivity contribution is 6.35. The Balaban J connectivity index is 2.07. The molecule has 0 amide bonds. The number of rotatable bonds is 6. The molecule has 0 aromatic heterocycles. The molecule has 0 radical (unpaired) electrons. The van der Waals surface area contributed by atoms with Crippen molar-refractivity contribution in [1.29, 1.82) is 0 Å². The van der Waals surface area contributed by atoms with Crippen LogP contribution in [0.3, 0.4) is 0 Å². The molecule has 1 N–H and O–H groups in total. The van der Waals surface area contributed by atoms with Crippen molar-refractivity contribution in [3.8, 4) is 5.75 Å². The molecule has 1 fully saturated rings. The molecule has 1 atom stereocenters. The van der Waals surface area contributed by atoms with E-state index in [1.54, 1.807) is 6.07 Å². The summed E-state index contributed by atoms with van der Waals surface area (Å²) in [4.78, 5) is 0. The van der Waals surface area contributed by atoms with E-state index in [0.717, 1.165) is 37.5 Å². The molecule has 0 aliphatic carbocycles. The van der Waals surface area contributed by atoms with Gasteiger partial charge in [0.25, 0.3) is 0 Å². The first kappa shape index (κ1) is 14.9. The van der Waals surface area contributed by atoms with Gasteiger partial charge in [-0.1, -0.05) is 30.1 Å². The van der Waals surface area contributed by atoms with Gasteiger partial charge in [-0.05, 0) is 25.1 Å². The molecular formula is C14H19Cl2NO2. The number of hydrogen-bond donors (Lipinski definition) is 1. The van der Waals surface area contributed by atoms with Crippen molar-refractivity contribution in [3.63, 3.8) is 0 Å². The van der Waals surface area contributed by atoms with Crippen LogP contribution in [0.4, 0.5) is 0 Å². The van der Waals surface area contributed by atoms with Gasteiger partial charge in [0.1, 0.15) is 5.75 Å². The first-order valence-electron chi connectivity index (χ1n) is 6.60. The standard InChI is InChI=1S/C14H19Cl2NO2/c1-2-17-7-11-5-12(15)6-13(16)14(11)19-9-10-3-4-18-8-10/h5-6,10,17H,2-4,7-9H2,1H3. The van der Waals surface area contributed by atoms with Crippen molar-refractivity contribution in [2.45, 2.75) is 19.9 Å². The Morgan fingerprint density at radius 2 is 2.26 bits per heavy atom. The average molecular weight is 304 g/mol. The quantitative estimate of drug-likeness (QED) is 0.872. The Morgan fingerprint density at radius 1 is 1.42 bits per heavy atom. The van der Waals surface area contributed by atoms with E-state index < -0.39 is 0 Å². The van der Waals surface area contributed by atoms with Gasteiger partial charge < -0.3 is 14.8 Å². The molecule has 1 aromatic rings. The third kappa shape index (κ3) is 4.25. The maximum atomic E-state index is 6.23. The van der Waals surface area contributed by atoms with Gasteiger partial charge in [0.15, 0.2) is 0 Å². The topological polar surface area (TPSA) is 30.5 Å². The predicted octanol–water partition coefficient (Wildman–Crippen LogP) is 3.52. The highest BCUT2D eigenvalue weighted by Gasteiger charge is 2.18. The Bertz CT molecular complexity index is 420. The summed E-state index contributed by atoms with van der Waals surface area (Å²) in [7, 11) is 0. The van der Waals surface area contributed by atoms with Gasteiger partial charge in [0.2, 0.25) is 0 Å². The van der Waals surface area contributed by atoms with E-state index in [2.05, 4.69) is 12.2 Å². The SMILES string of the molecule is CCNCc1cc(Cl)cc(Cl)c1OCC1CCOC1. The fourth-order valence-electron chi connectivity index (χ4n) is 2.08. The molecule has 1 heterocycles. The lowest BCUT2D eigenvalue weighted by Gasteiger charge is -2.16. The van der Waals surface area contributed by atoms with Gasteiger partial charge in [-0.3, -0.25) is 0 Å². The Hall–Kier alpha value is -0.480. The van der Waals surface area contributed by atoms with Crippen LogP contribution in [-0.4, -0.2) is 26.4 Å². The molecule has 5 heteroatoms. The lowest BCUT2D eigenvalue weighted by atomic mass is 10.1. The van der Waals surface area contributed by atoms with Gasteiger partial charge in [-0.15, -0.1) is 0 Å². The minimum atomic E-state index is 0.457. The summed E-state index contributed by atoms with van der Waals surface area (Å²) in [5, 5.41) is 4.47. The average Bonchev–Trinajstić information content (AvgIpc) is 2.88. The summed E-state index contributed by atoms with van der Waals surface area (Å²) >= 11 is 12.3. The summed E-state index contributed by atoms with van der Waals surface area (Å²) in [6.07, 6.45) is 1.05. The molecule has 19 heavy (non-hydrogen) atoms. The maximum Gasteiger partial charge on any atom is 0.142 e. The monoisotopic (exact) mass is 303 g/mol. The van der Waals surface area contributed by atoms with Crippen LogP contribution < -0.4 is 10.1 Å². The number of nitrogens with one attached hydrogen (secondary N) is 1. The first-order valence-corrected chi connectivity index (χ1v) is 7.35. The van der Waals surface area contributed by atoms with Crippen LogP contribution in [0.5, 0.6) is 5.75 Å². The highest BCUT2D eigenvalue weighted by Crippen LogP contribution is 2.33. The molecule has 1 aliphatic heterocycles. The van der Waals surface area contributed by atoms with E-state index in [1.165, 1.54) is 0 Å². The maximum absolute atomic E-state index is 6.23. The Kier molecular flexibility index (Phi) is 5.76. The van der Waals surface area contributed by atoms with Crippen molar-refractivity contribution in [3.05, 3.63) is 27.7 Å². The van der Waals surface area contributed by atoms with E-state index >= 15 is 0 Å². The molecule has 1 aromatic carbocycles. The summed E-state index contributed by atoms with van der Waals surface area (Å²) in [5.41, 5.74) is 0.998. The molecule has 106 valence electrons. The summed E-state index contributed by atoms with van der Waals surface area (Å²) in [6.45, 7) is 5.89. The van der Waals surface area contributed by atoms with Gasteiger partial charge in [0, 0.05) is 29.7 Å². The van der Waals surface area contributed by atoms with Crippen LogP contribution in [0.25, 0.3) is 0 Å². The fourth-order valence-corrected chi connectivity index (χ4v) is 2.67. The second-order valence-corrected chi connectivity index (χ2v) is 5.54. The molecule has 2 rings (SSSR count). The zero-order chi connectivity index (χ0) is 13.7. The summed E-state index contributed by atoms with van der Waals surface area (Å²) in [5.74, 6) is 1.19. The van der Waals surface area contributed by atoms with Crippen molar-refractivity contribution in [1.82, 2.24) is 5.32 Å². The van der Waals surface area contributed by atoms with Crippen molar-refractivity contribution in [2.75, 3.05) is 26.4 Å². The van der Waals surface area contributed by atoms with Crippen molar-refractivity contribution < 1.29 is 9.47 Å². The summed E-state index contributed by atoms with van der Waals surface area (Å²) in [6, 6.07) is 3.62. The van der Waals surface area contributed by atoms with Crippen LogP contribution in [0, 0.1) is 5.92 Å². The molecule has 0 spiro atoms. The molecular weight excluding hydrogens is 285 g/mol. The zero-order valence-electron chi connectivity index (χ0n) is 11.0. The van der Waals surface area contributed by atoms with Gasteiger partial charge in [-0.25, -0.2) is 0 Å². The Morgan fingerprint density at radius 3 is 2.95 bits per heavy atom. The van der Waals surface area contributed by atoms with Crippen LogP contribution in [0.1, 0.15) is 18.9 Å². The van der Waals surface area contributed by atoms with Gasteiger partial charge in [-0.2, -0.15) is 0 Å². The van der Waals surface area contributed by atoms with E-state index in [-0.39, 0.29) is 0 Å². The largest absolute Gasteiger partial charge is 0.491 e. The normalized spacial score (nSPS) is 18.8. The smallest absolute Gasteiger partial charge is 0.142 e. The first-order chi connectivity index (χ1) is 9.20. The highest BCUT2D eigenvalue weighted by atomic mass is 35.5. The third-order valence-corrected chi connectivity index (χ3v) is 3.64. The summed E-state index contributed by atoms with van der Waals surface area (Å²) < 4.78 is 11.2. The van der Waals surface area contributed by atoms with Gasteiger partial charge in [0.05, 0.1) is 18.2 Å². The van der Waals surface area contributed by atoms with E-state index in [4.69, 9.17) is 32.7 Å². The second kappa shape index (κ2) is 7.34. The zero-order valence-corrected chi connectivity index (χ0v) is 12.6. The van der Waals surface area contributed by atoms with Gasteiger partial charge >= 0.3 is 0 Å². The predicted molar refractivity (Wildman–Crippen MR) is 78.3 cm³/mol. The van der Waals surface area contributed by atoms with Crippen molar-refractivity contribution in [2.24, 2.45) is 5.92 Å². The third-order valence-electron chi connectivity index (χ3n) is 3.14. The van der Waals surface area contributed by atoms with Crippen LogP contribution in [0.2, 0.25) is 10.0 Å². The Labute approximate surface area is 124 Å². The van der Waals surface area contributed by atoms with Crippen LogP contribution in [-0.2, 0) is 11.3 Å². The lowest BCUT2D eigenvalue weighted by Crippen LogP contribution is -2.16. The lowest BCUT2D eigenvalue weighted by molar-refractivity contribution is 0.166. The number of ether oxygens (including phenoxy) is 2. The minimum Gasteiger partial charge on any atom is -0.491 e. The van der Waals surface area contributed by atoms with Crippen molar-refractivity contribution >= 4 is 23.2 Å². The number of hydrogen-bond acceptors (Lipinski definition) is 3. The molecule has 1 unspecified atom stereocenters. The molecule has 1 aliphatic rings. The number of halogens is 2. The fraction of sp³-hybridized carbons (Fsp3) is 0.571. The van der Waals surface area contributed by atoms with Crippen LogP contribution >= 0.6 is 23.2 Å². The van der Waals surface area contributed by atoms with E-state index in [0.29, 0.717) is 29.1 Å². The number of benzene rings is 1. The molecule has 1 saturated heterocycles. The van der Waals surface area contributed by atoms with E-state index in [1.807, 2.05) is 6.07 Å². The van der Waals surface area contributed by atoms with E-state index in [9.17, 15) is 0 Å². The second-order valence-electron chi connectivity index (χ2n) is 4.70. The minimum absolute atomic E-state index is 0.457. The van der Waals surface area contributed by atoms with Crippen LogP contribution in [0.15, 0.2) is 12.1 Å². The molecule has 0 bridgehead atoms. The molecule has 0 saturated carbocycles. The molecule has 3 nitrogen and oxygen atoms in total.